The second kappa shape index (κ2) is 6.98. The zero-order chi connectivity index (χ0) is 14.5. The maximum absolute atomic E-state index is 11.6. The fraction of sp³-hybridized carbons (Fsp3) is 0.833. The Morgan fingerprint density at radius 1 is 0.750 bits per heavy atom. The van der Waals surface area contributed by atoms with Gasteiger partial charge in [0.05, 0.1) is 0 Å². The lowest BCUT2D eigenvalue weighted by Gasteiger charge is -2.21. The Kier molecular flexibility index (Phi) is 5.30. The maximum atomic E-state index is 11.6. The zero-order valence-electron chi connectivity index (χ0n) is 11.2. The molecule has 0 saturated carbocycles. The molecule has 2 heterocycles. The Hall–Kier alpha value is -1.22. The van der Waals surface area contributed by atoms with E-state index in [0.29, 0.717) is 26.2 Å². The van der Waals surface area contributed by atoms with Crippen LogP contribution in [0.25, 0.3) is 0 Å². The van der Waals surface area contributed by atoms with Crippen LogP contribution in [0.5, 0.6) is 0 Å². The quantitative estimate of drug-likeness (QED) is 0.652. The number of aliphatic hydroxyl groups excluding tert-OH is 2. The summed E-state index contributed by atoms with van der Waals surface area (Å²) in [6, 6.07) is 0. The van der Waals surface area contributed by atoms with Gasteiger partial charge in [-0.25, -0.2) is 9.59 Å². The van der Waals surface area contributed by atoms with Gasteiger partial charge in [0, 0.05) is 26.2 Å². The lowest BCUT2D eigenvalue weighted by atomic mass is 10.2. The summed E-state index contributed by atoms with van der Waals surface area (Å²) >= 11 is 0. The molecule has 2 aliphatic heterocycles. The topological polar surface area (TPSA) is 99.5 Å². The van der Waals surface area contributed by atoms with Crippen molar-refractivity contribution in [3.63, 3.8) is 0 Å². The monoisotopic (exact) mass is 288 g/mol. The first-order valence-electron chi connectivity index (χ1n) is 6.87. The van der Waals surface area contributed by atoms with Gasteiger partial charge in [0.2, 0.25) is 0 Å². The van der Waals surface area contributed by atoms with Gasteiger partial charge < -0.3 is 19.9 Å². The molecule has 20 heavy (non-hydrogen) atoms. The van der Waals surface area contributed by atoms with Crippen molar-refractivity contribution in [3.05, 3.63) is 0 Å². The molecule has 0 aromatic heterocycles. The van der Waals surface area contributed by atoms with E-state index in [1.807, 2.05) is 0 Å². The van der Waals surface area contributed by atoms with E-state index >= 15 is 0 Å². The molecular weight excluding hydrogens is 268 g/mol. The van der Waals surface area contributed by atoms with Gasteiger partial charge in [-0.15, -0.1) is 10.1 Å². The molecule has 0 aliphatic carbocycles. The van der Waals surface area contributed by atoms with E-state index in [0.717, 1.165) is 25.7 Å². The molecule has 0 aromatic carbocycles. The second-order valence-electron chi connectivity index (χ2n) is 4.98. The summed E-state index contributed by atoms with van der Waals surface area (Å²) in [6.07, 6.45) is -0.256. The molecule has 0 bridgehead atoms. The van der Waals surface area contributed by atoms with Crippen LogP contribution in [0.3, 0.4) is 0 Å². The molecule has 0 amide bonds. The first-order chi connectivity index (χ1) is 9.58. The number of nitrogens with zero attached hydrogens (tertiary/aromatic N) is 2. The molecule has 2 aliphatic rings. The summed E-state index contributed by atoms with van der Waals surface area (Å²) in [4.78, 5) is 32.9. The van der Waals surface area contributed by atoms with Crippen LogP contribution in [0.4, 0.5) is 0 Å². The van der Waals surface area contributed by atoms with Crippen molar-refractivity contribution in [2.45, 2.75) is 37.9 Å². The largest absolute Gasteiger partial charge is 0.379 e. The number of hydrogen-bond acceptors (Lipinski definition) is 8. The van der Waals surface area contributed by atoms with Crippen LogP contribution < -0.4 is 0 Å². The van der Waals surface area contributed by atoms with Crippen LogP contribution in [-0.2, 0) is 19.3 Å². The van der Waals surface area contributed by atoms with Gasteiger partial charge in [-0.3, -0.25) is 0 Å². The maximum Gasteiger partial charge on any atom is 0.357 e. The summed E-state index contributed by atoms with van der Waals surface area (Å²) in [5, 5.41) is 22.1. The second-order valence-corrected chi connectivity index (χ2v) is 4.98. The first-order valence-corrected chi connectivity index (χ1v) is 6.87. The van der Waals surface area contributed by atoms with E-state index in [9.17, 15) is 19.8 Å². The normalized spacial score (nSPS) is 23.5. The lowest BCUT2D eigenvalue weighted by Crippen LogP contribution is -2.45. The average molecular weight is 288 g/mol. The third-order valence-electron chi connectivity index (χ3n) is 3.35. The molecule has 2 atom stereocenters. The first kappa shape index (κ1) is 15.2. The number of rotatable bonds is 5. The van der Waals surface area contributed by atoms with Crippen LogP contribution in [0, 0.1) is 0 Å². The molecule has 0 radical (unpaired) electrons. The summed E-state index contributed by atoms with van der Waals surface area (Å²) in [5.74, 6) is -2.09. The van der Waals surface area contributed by atoms with Crippen molar-refractivity contribution in [2.24, 2.45) is 0 Å². The summed E-state index contributed by atoms with van der Waals surface area (Å²) < 4.78 is 0. The number of carbonyl (C=O) groups is 2. The Bertz CT molecular complexity index is 318. The van der Waals surface area contributed by atoms with Gasteiger partial charge in [0.1, 0.15) is 0 Å². The van der Waals surface area contributed by atoms with Gasteiger partial charge in [-0.05, 0) is 25.7 Å². The van der Waals surface area contributed by atoms with Crippen LogP contribution in [0.1, 0.15) is 25.7 Å². The molecule has 2 N–H and O–H groups in total. The van der Waals surface area contributed by atoms with Gasteiger partial charge in [0.25, 0.3) is 0 Å². The molecule has 2 saturated heterocycles. The molecule has 114 valence electrons. The smallest absolute Gasteiger partial charge is 0.357 e. The fourth-order valence-corrected chi connectivity index (χ4v) is 2.18. The minimum atomic E-state index is -1.94. The van der Waals surface area contributed by atoms with E-state index in [2.05, 4.69) is 0 Å². The molecule has 0 spiro atoms. The van der Waals surface area contributed by atoms with E-state index in [4.69, 9.17) is 9.68 Å². The van der Waals surface area contributed by atoms with Crippen molar-refractivity contribution in [2.75, 3.05) is 26.2 Å². The van der Waals surface area contributed by atoms with Gasteiger partial charge in [-0.1, -0.05) is 0 Å². The Morgan fingerprint density at radius 3 is 1.35 bits per heavy atom. The standard InChI is InChI=1S/C12H20N2O6/c15-9(11(17)19-13-5-1-2-6-13)10(16)12(18)20-14-7-3-4-8-14/h9-10,15-16H,1-8H2/t9-,10-/m0/s1. The van der Waals surface area contributed by atoms with Gasteiger partial charge in [-0.2, -0.15) is 0 Å². The molecule has 8 nitrogen and oxygen atoms in total. The van der Waals surface area contributed by atoms with Crippen molar-refractivity contribution in [1.82, 2.24) is 10.1 Å². The highest BCUT2D eigenvalue weighted by molar-refractivity contribution is 5.84. The molecule has 2 fully saturated rings. The predicted octanol–water partition coefficient (Wildman–Crippen LogP) is -1.18. The highest BCUT2D eigenvalue weighted by Gasteiger charge is 2.36. The van der Waals surface area contributed by atoms with Gasteiger partial charge in [0.15, 0.2) is 12.2 Å². The van der Waals surface area contributed by atoms with E-state index < -0.39 is 24.1 Å². The highest BCUT2D eigenvalue weighted by Crippen LogP contribution is 2.12. The third-order valence-corrected chi connectivity index (χ3v) is 3.35. The number of carbonyl (C=O) groups excluding carboxylic acids is 2. The zero-order valence-corrected chi connectivity index (χ0v) is 11.2. The minimum Gasteiger partial charge on any atom is -0.379 e. The van der Waals surface area contributed by atoms with Gasteiger partial charge >= 0.3 is 11.9 Å². The van der Waals surface area contributed by atoms with E-state index in [1.54, 1.807) is 0 Å². The van der Waals surface area contributed by atoms with Crippen LogP contribution in [0.2, 0.25) is 0 Å². The van der Waals surface area contributed by atoms with E-state index in [1.165, 1.54) is 10.1 Å². The average Bonchev–Trinajstić information content (AvgIpc) is 3.10. The molecule has 0 aromatic rings. The number of aliphatic hydroxyl groups is 2. The molecule has 2 rings (SSSR count). The third kappa shape index (κ3) is 3.89. The molecule has 0 unspecified atom stereocenters. The summed E-state index contributed by atoms with van der Waals surface area (Å²) in [6.45, 7) is 2.36. The highest BCUT2D eigenvalue weighted by atomic mass is 16.7. The fourth-order valence-electron chi connectivity index (χ4n) is 2.18. The Balaban J connectivity index is 1.78. The van der Waals surface area contributed by atoms with Crippen molar-refractivity contribution in [3.8, 4) is 0 Å². The Morgan fingerprint density at radius 2 is 1.05 bits per heavy atom. The summed E-state index contributed by atoms with van der Waals surface area (Å²) in [7, 11) is 0. The van der Waals surface area contributed by atoms with Crippen molar-refractivity contribution < 1.29 is 29.5 Å². The minimum absolute atomic E-state index is 0.590. The predicted molar refractivity (Wildman–Crippen MR) is 65.8 cm³/mol. The van der Waals surface area contributed by atoms with E-state index in [-0.39, 0.29) is 0 Å². The Labute approximate surface area is 116 Å². The molecular formula is C12H20N2O6. The number of hydroxylamine groups is 4. The van der Waals surface area contributed by atoms with Crippen molar-refractivity contribution >= 4 is 11.9 Å². The SMILES string of the molecule is O=C(ON1CCCC1)[C@@H](O)[C@H](O)C(=O)ON1CCCC1. The number of hydrogen-bond donors (Lipinski definition) is 2. The lowest BCUT2D eigenvalue weighted by molar-refractivity contribution is -0.214. The van der Waals surface area contributed by atoms with Crippen molar-refractivity contribution in [1.29, 1.82) is 0 Å². The molecule has 8 heteroatoms. The van der Waals surface area contributed by atoms with Crippen LogP contribution in [0.15, 0.2) is 0 Å². The summed E-state index contributed by atoms with van der Waals surface area (Å²) in [5.41, 5.74) is 0. The van der Waals surface area contributed by atoms with Crippen LogP contribution >= 0.6 is 0 Å². The van der Waals surface area contributed by atoms with Crippen LogP contribution in [-0.4, -0.2) is 70.7 Å².